The van der Waals surface area contributed by atoms with Crippen molar-refractivity contribution >= 4 is 77.6 Å². The summed E-state index contributed by atoms with van der Waals surface area (Å²) in [5, 5.41) is 44.7. The van der Waals surface area contributed by atoms with Crippen LogP contribution in [0.1, 0.15) is 285 Å². The molecule has 0 atom stereocenters. The maximum Gasteiger partial charge on any atom is 0.171 e. The lowest BCUT2D eigenvalue weighted by Crippen LogP contribution is -1.98. The molecule has 9 aromatic rings. The van der Waals surface area contributed by atoms with Gasteiger partial charge < -0.3 is 13.7 Å². The second-order valence-corrected chi connectivity index (χ2v) is 27.9. The smallest absolute Gasteiger partial charge is 0.171 e. The molecule has 0 spiro atoms. The van der Waals surface area contributed by atoms with Crippen LogP contribution in [0.5, 0.6) is 0 Å². The lowest BCUT2D eigenvalue weighted by atomic mass is 10.1. The minimum Gasteiger partial charge on any atom is -0.340 e. The highest BCUT2D eigenvalue weighted by Gasteiger charge is 2.16. The van der Waals surface area contributed by atoms with Gasteiger partial charge in [0.2, 0.25) is 0 Å². The van der Waals surface area contributed by atoms with Gasteiger partial charge in [-0.05, 0) is 140 Å². The highest BCUT2D eigenvalue weighted by atomic mass is 15.0. The number of benzene rings is 6. The van der Waals surface area contributed by atoms with Gasteiger partial charge in [-0.15, -0.1) is 0 Å². The first-order valence-electron chi connectivity index (χ1n) is 38.6. The van der Waals surface area contributed by atoms with E-state index in [1.807, 2.05) is 24.3 Å². The Morgan fingerprint density at radius 1 is 0.263 bits per heavy atom. The van der Waals surface area contributed by atoms with Gasteiger partial charge in [0.25, 0.3) is 0 Å². The number of hydrogen-bond donors (Lipinski definition) is 0. The van der Waals surface area contributed by atoms with Crippen LogP contribution in [0.3, 0.4) is 0 Å². The minimum atomic E-state index is -0.0429. The van der Waals surface area contributed by atoms with Crippen LogP contribution >= 0.6 is 0 Å². The molecule has 0 fully saturated rings. The highest BCUT2D eigenvalue weighted by molar-refractivity contribution is 6.11. The molecule has 0 aliphatic rings. The molecule has 510 valence electrons. The van der Waals surface area contributed by atoms with Crippen molar-refractivity contribution < 1.29 is 0 Å². The van der Waals surface area contributed by atoms with Crippen molar-refractivity contribution in [3.63, 3.8) is 0 Å². The fraction of sp³-hybridized carbons (Fsp3) is 0.457. The second kappa shape index (κ2) is 41.3. The van der Waals surface area contributed by atoms with E-state index >= 15 is 0 Å². The summed E-state index contributed by atoms with van der Waals surface area (Å²) in [6.07, 6.45) is 50.8. The molecule has 99 heavy (non-hydrogen) atoms. The molecule has 0 saturated carbocycles. The molecule has 6 aromatic carbocycles. The van der Waals surface area contributed by atoms with Gasteiger partial charge in [-0.1, -0.05) is 280 Å². The van der Waals surface area contributed by atoms with Crippen LogP contribution in [0.25, 0.3) is 77.6 Å². The summed E-state index contributed by atoms with van der Waals surface area (Å²) in [5.74, 6) is 14.4. The Kier molecular flexibility index (Phi) is 30.9. The average Bonchev–Trinajstić information content (AvgIpc) is 1.62. The first kappa shape index (κ1) is 74.1. The van der Waals surface area contributed by atoms with Crippen molar-refractivity contribution in [1.82, 2.24) is 13.7 Å². The molecule has 7 nitrogen and oxygen atoms in total. The molecular weight excluding hydrogens is 1200 g/mol. The molecule has 0 amide bonds. The lowest BCUT2D eigenvalue weighted by molar-refractivity contribution is 0.533. The molecule has 7 heteroatoms. The molecule has 0 bridgehead atoms. The van der Waals surface area contributed by atoms with Crippen molar-refractivity contribution in [3.8, 4) is 48.0 Å². The fourth-order valence-electron chi connectivity index (χ4n) is 14.7. The van der Waals surface area contributed by atoms with Crippen molar-refractivity contribution in [2.24, 2.45) is 0 Å². The number of fused-ring (bicyclic) bond motifs is 9. The Labute approximate surface area is 593 Å². The van der Waals surface area contributed by atoms with Crippen molar-refractivity contribution in [1.29, 1.82) is 21.0 Å². The van der Waals surface area contributed by atoms with Gasteiger partial charge in [0.05, 0.1) is 0 Å². The summed E-state index contributed by atoms with van der Waals surface area (Å²) in [4.78, 5) is 0. The van der Waals surface area contributed by atoms with E-state index in [1.165, 1.54) is 256 Å². The van der Waals surface area contributed by atoms with Crippen LogP contribution in [-0.4, -0.2) is 13.7 Å². The zero-order valence-electron chi connectivity index (χ0n) is 60.3. The van der Waals surface area contributed by atoms with Gasteiger partial charge in [-0.2, -0.15) is 21.0 Å². The molecule has 0 aliphatic heterocycles. The second-order valence-electron chi connectivity index (χ2n) is 27.9. The molecule has 3 heterocycles. The van der Waals surface area contributed by atoms with Gasteiger partial charge >= 0.3 is 0 Å². The van der Waals surface area contributed by atoms with Crippen LogP contribution in [0.4, 0.5) is 0 Å². The van der Waals surface area contributed by atoms with Gasteiger partial charge in [0.15, 0.2) is 11.1 Å². The van der Waals surface area contributed by atoms with Crippen LogP contribution in [-0.2, 0) is 19.6 Å². The van der Waals surface area contributed by atoms with Crippen molar-refractivity contribution in [2.45, 2.75) is 272 Å². The Morgan fingerprint density at radius 3 is 0.687 bits per heavy atom. The monoisotopic (exact) mass is 1310 g/mol. The molecule has 0 N–H and O–H groups in total. The highest BCUT2D eigenvalue weighted by Crippen LogP contribution is 2.36. The maximum atomic E-state index is 9.46. The van der Waals surface area contributed by atoms with E-state index < -0.39 is 0 Å². The summed E-state index contributed by atoms with van der Waals surface area (Å²) in [6, 6.07) is 47.3. The Hall–Kier alpha value is -9.16. The first-order chi connectivity index (χ1) is 48.9. The zero-order chi connectivity index (χ0) is 69.1. The number of rotatable bonds is 41. The van der Waals surface area contributed by atoms with E-state index in [9.17, 15) is 21.0 Å². The lowest BCUT2D eigenvalue weighted by Gasteiger charge is -2.08. The van der Waals surface area contributed by atoms with Gasteiger partial charge in [0.1, 0.15) is 24.3 Å². The number of allylic oxidation sites excluding steroid dienone is 2. The van der Waals surface area contributed by atoms with Gasteiger partial charge in [-0.25, -0.2) is 0 Å². The van der Waals surface area contributed by atoms with E-state index in [1.54, 1.807) is 12.2 Å². The third-order valence-electron chi connectivity index (χ3n) is 20.3. The van der Waals surface area contributed by atoms with Crippen LogP contribution in [0.15, 0.2) is 132 Å². The fourth-order valence-corrected chi connectivity index (χ4v) is 14.7. The van der Waals surface area contributed by atoms with Crippen LogP contribution in [0, 0.1) is 69.0 Å². The SMILES string of the molecule is CCCCCCCCCCCCCCn1c2ccc(C#Cc3ccc4c(c3)c3cc(C=C=C(C#N)C#N)ccc3n4CCCCCCCCCCCCCC)cc2c2cc(C#Cc3ccc4c(c3)c3cc(C=C=C(C#N)C#N)ccc3n4CCCCCCCCCCCCCC)ccc21. The summed E-state index contributed by atoms with van der Waals surface area (Å²) in [6.45, 7) is 9.67. The summed E-state index contributed by atoms with van der Waals surface area (Å²) < 4.78 is 7.47. The average molecular weight is 1310 g/mol. The predicted octanol–water partition coefficient (Wildman–Crippen LogP) is 26.1. The molecule has 0 saturated heterocycles. The van der Waals surface area contributed by atoms with E-state index in [-0.39, 0.29) is 11.1 Å². The maximum absolute atomic E-state index is 9.46. The molecule has 0 aliphatic carbocycles. The summed E-state index contributed by atoms with van der Waals surface area (Å²) in [7, 11) is 0. The molecular formula is C92H107N7. The quantitative estimate of drug-likeness (QED) is 0.0164. The molecule has 9 rings (SSSR count). The summed E-state index contributed by atoms with van der Waals surface area (Å²) >= 11 is 0. The number of aromatic nitrogens is 3. The van der Waals surface area contributed by atoms with Crippen molar-refractivity contribution in [2.75, 3.05) is 0 Å². The van der Waals surface area contributed by atoms with Gasteiger partial charge in [0, 0.05) is 107 Å². The van der Waals surface area contributed by atoms with E-state index in [0.29, 0.717) is 0 Å². The van der Waals surface area contributed by atoms with Crippen molar-refractivity contribution in [3.05, 3.63) is 165 Å². The normalized spacial score (nSPS) is 11.1. The number of hydrogen-bond acceptors (Lipinski definition) is 4. The first-order valence-corrected chi connectivity index (χ1v) is 38.6. The van der Waals surface area contributed by atoms with E-state index in [0.717, 1.165) is 93.8 Å². The van der Waals surface area contributed by atoms with Crippen LogP contribution < -0.4 is 0 Å². The molecule has 0 radical (unpaired) electrons. The zero-order valence-corrected chi connectivity index (χ0v) is 60.3. The molecule has 0 unspecified atom stereocenters. The van der Waals surface area contributed by atoms with E-state index in [2.05, 4.69) is 179 Å². The minimum absolute atomic E-state index is 0.0429. The number of unbranched alkanes of at least 4 members (excludes halogenated alkanes) is 33. The number of nitriles is 4. The van der Waals surface area contributed by atoms with E-state index in [4.69, 9.17) is 0 Å². The Balaban J connectivity index is 0.980. The number of nitrogens with zero attached hydrogens (tertiary/aromatic N) is 7. The number of aryl methyl sites for hydroxylation is 3. The standard InChI is InChI=1S/C92H107N7/c1-4-7-10-13-16-19-22-25-28-31-34-37-60-97-87-54-48-73(40-42-75-50-56-89-83(65-75)85-67-77(44-46-79(69-93)70-94)52-58-91(85)98(89)61-38-35-32-29-26-23-20-17-14-11-8-5-2)63-81(87)82-64-74(49-55-88(82)97)41-43-76-51-57-90-84(66-76)86-68-78(45-47-80(71-95)72-96)53-59-92(86)99(90)62-39-36-33-30-27-24-21-18-15-12-9-6-3/h44-45,48-59,63-68H,4-39,60-62H2,1-3H3. The third-order valence-corrected chi connectivity index (χ3v) is 20.3. The topological polar surface area (TPSA) is 110 Å². The van der Waals surface area contributed by atoms with Gasteiger partial charge in [-0.3, -0.25) is 0 Å². The third kappa shape index (κ3) is 21.9. The predicted molar refractivity (Wildman–Crippen MR) is 419 cm³/mol. The largest absolute Gasteiger partial charge is 0.340 e. The Morgan fingerprint density at radius 2 is 0.465 bits per heavy atom. The molecule has 3 aromatic heterocycles. The summed E-state index contributed by atoms with van der Waals surface area (Å²) in [5.41, 5.74) is 18.4. The Bertz CT molecular complexity index is 4270. The van der Waals surface area contributed by atoms with Crippen LogP contribution in [0.2, 0.25) is 0 Å².